The van der Waals surface area contributed by atoms with E-state index in [1.807, 2.05) is 18.2 Å². The molecule has 9 heteroatoms. The molecule has 0 saturated carbocycles. The normalized spacial score (nSPS) is 17.1. The molecule has 2 N–H and O–H groups in total. The van der Waals surface area contributed by atoms with Crippen molar-refractivity contribution in [2.45, 2.75) is 35.7 Å². The number of fused-ring (bicyclic) bond motifs is 1. The molecule has 154 valence electrons. The minimum Gasteiger partial charge on any atom is -0.496 e. The Morgan fingerprint density at radius 3 is 2.69 bits per heavy atom. The fraction of sp³-hybridized carbons (Fsp3) is 0.300. The van der Waals surface area contributed by atoms with Gasteiger partial charge < -0.3 is 15.4 Å². The van der Waals surface area contributed by atoms with E-state index in [1.54, 1.807) is 13.0 Å². The summed E-state index contributed by atoms with van der Waals surface area (Å²) in [4.78, 5) is 25.2. The average molecular weight is 424 g/mol. The first-order chi connectivity index (χ1) is 13.7. The van der Waals surface area contributed by atoms with Crippen LogP contribution in [0.3, 0.4) is 0 Å². The Hall–Kier alpha value is -2.68. The van der Waals surface area contributed by atoms with Gasteiger partial charge in [-0.2, -0.15) is 13.2 Å². The Morgan fingerprint density at radius 2 is 2.00 bits per heavy atom. The van der Waals surface area contributed by atoms with Crippen molar-refractivity contribution in [2.24, 2.45) is 0 Å². The maximum atomic E-state index is 12.8. The molecule has 3 rings (SSSR count). The number of hydrogen-bond donors (Lipinski definition) is 2. The molecule has 0 spiro atoms. The predicted octanol–water partition coefficient (Wildman–Crippen LogP) is 4.39. The Balaban J connectivity index is 1.66. The third-order valence-corrected chi connectivity index (χ3v) is 5.76. The summed E-state index contributed by atoms with van der Waals surface area (Å²) in [5.74, 6) is -0.201. The van der Waals surface area contributed by atoms with Crippen molar-refractivity contribution in [1.29, 1.82) is 0 Å². The van der Waals surface area contributed by atoms with Crippen LogP contribution in [0.1, 0.15) is 30.5 Å². The third kappa shape index (κ3) is 4.84. The summed E-state index contributed by atoms with van der Waals surface area (Å²) in [6.45, 7) is 1.80. The van der Waals surface area contributed by atoms with Gasteiger partial charge in [-0.1, -0.05) is 18.2 Å². The number of carbonyl (C=O) groups excluding carboxylic acids is 2. The number of halogens is 3. The summed E-state index contributed by atoms with van der Waals surface area (Å²) in [5, 5.41) is 4.57. The highest BCUT2D eigenvalue weighted by atomic mass is 32.2. The molecule has 0 aliphatic carbocycles. The van der Waals surface area contributed by atoms with Gasteiger partial charge in [-0.15, -0.1) is 11.8 Å². The number of para-hydroxylation sites is 1. The van der Waals surface area contributed by atoms with Crippen LogP contribution < -0.4 is 15.4 Å². The first-order valence-electron chi connectivity index (χ1n) is 8.80. The minimum atomic E-state index is -4.49. The molecular weight excluding hydrogens is 405 g/mol. The van der Waals surface area contributed by atoms with Crippen LogP contribution in [0.25, 0.3) is 0 Å². The van der Waals surface area contributed by atoms with Crippen molar-refractivity contribution in [3.8, 4) is 5.75 Å². The summed E-state index contributed by atoms with van der Waals surface area (Å²) in [6.07, 6.45) is -4.59. The average Bonchev–Trinajstić information content (AvgIpc) is 2.67. The molecule has 29 heavy (non-hydrogen) atoms. The Labute approximate surface area is 170 Å². The van der Waals surface area contributed by atoms with E-state index in [0.717, 1.165) is 29.5 Å². The van der Waals surface area contributed by atoms with Gasteiger partial charge in [-0.25, -0.2) is 0 Å². The molecule has 0 aromatic heterocycles. The van der Waals surface area contributed by atoms with E-state index in [4.69, 9.17) is 4.74 Å². The van der Waals surface area contributed by atoms with E-state index in [0.29, 0.717) is 10.6 Å². The second-order valence-corrected chi connectivity index (χ2v) is 7.78. The summed E-state index contributed by atoms with van der Waals surface area (Å²) < 4.78 is 43.8. The quantitative estimate of drug-likeness (QED) is 0.747. The monoisotopic (exact) mass is 424 g/mol. The number of hydrogen-bond acceptors (Lipinski definition) is 4. The van der Waals surface area contributed by atoms with Crippen molar-refractivity contribution in [3.05, 3.63) is 53.6 Å². The van der Waals surface area contributed by atoms with E-state index in [1.165, 1.54) is 13.2 Å². The number of anilines is 1. The zero-order valence-corrected chi connectivity index (χ0v) is 16.5. The van der Waals surface area contributed by atoms with Gasteiger partial charge in [-0.3, -0.25) is 9.59 Å². The van der Waals surface area contributed by atoms with Gasteiger partial charge in [-0.05, 0) is 31.2 Å². The fourth-order valence-electron chi connectivity index (χ4n) is 3.03. The number of rotatable bonds is 5. The summed E-state index contributed by atoms with van der Waals surface area (Å²) in [5.41, 5.74) is 0.0713. The van der Waals surface area contributed by atoms with Crippen molar-refractivity contribution in [1.82, 2.24) is 5.32 Å². The standard InChI is InChI=1S/C20H19F3N2O3S/c1-11(13-5-3-4-6-15(13)28-2)24-18(26)10-17-19(27)25-14-9-12(20(21,22)23)7-8-16(14)29-17/h3-9,11,17H,10H2,1-2H3,(H,24,26)(H,25,27). The Bertz CT molecular complexity index is 933. The van der Waals surface area contributed by atoms with E-state index < -0.39 is 22.9 Å². The highest BCUT2D eigenvalue weighted by Crippen LogP contribution is 2.40. The molecule has 2 atom stereocenters. The predicted molar refractivity (Wildman–Crippen MR) is 104 cm³/mol. The SMILES string of the molecule is COc1ccccc1C(C)NC(=O)CC1Sc2ccc(C(F)(F)F)cc2NC1=O. The molecule has 2 unspecified atom stereocenters. The molecule has 2 amide bonds. The number of methoxy groups -OCH3 is 1. The van der Waals surface area contributed by atoms with Crippen LogP contribution in [0.4, 0.5) is 18.9 Å². The molecule has 1 heterocycles. The van der Waals surface area contributed by atoms with Crippen LogP contribution in [0.2, 0.25) is 0 Å². The molecule has 0 bridgehead atoms. The van der Waals surface area contributed by atoms with E-state index in [2.05, 4.69) is 10.6 Å². The smallest absolute Gasteiger partial charge is 0.416 e. The number of alkyl halides is 3. The summed E-state index contributed by atoms with van der Waals surface area (Å²) in [7, 11) is 1.54. The first-order valence-corrected chi connectivity index (χ1v) is 9.68. The lowest BCUT2D eigenvalue weighted by Gasteiger charge is -2.25. The molecule has 1 aliphatic rings. The number of benzene rings is 2. The third-order valence-electron chi connectivity index (χ3n) is 4.48. The highest BCUT2D eigenvalue weighted by Gasteiger charge is 2.34. The zero-order chi connectivity index (χ0) is 21.2. The number of nitrogens with one attached hydrogen (secondary N) is 2. The van der Waals surface area contributed by atoms with E-state index in [-0.39, 0.29) is 24.1 Å². The van der Waals surface area contributed by atoms with Gasteiger partial charge in [0, 0.05) is 16.9 Å². The van der Waals surface area contributed by atoms with Gasteiger partial charge in [0.1, 0.15) is 5.75 Å². The summed E-state index contributed by atoms with van der Waals surface area (Å²) in [6, 6.07) is 10.1. The van der Waals surface area contributed by atoms with E-state index in [9.17, 15) is 22.8 Å². The maximum absolute atomic E-state index is 12.8. The van der Waals surface area contributed by atoms with Crippen molar-refractivity contribution in [3.63, 3.8) is 0 Å². The molecule has 5 nitrogen and oxygen atoms in total. The van der Waals surface area contributed by atoms with Gasteiger partial charge in [0.15, 0.2) is 0 Å². The largest absolute Gasteiger partial charge is 0.496 e. The number of thioether (sulfide) groups is 1. The topological polar surface area (TPSA) is 67.4 Å². The maximum Gasteiger partial charge on any atom is 0.416 e. The van der Waals surface area contributed by atoms with Crippen LogP contribution in [0, 0.1) is 0 Å². The number of carbonyl (C=O) groups is 2. The lowest BCUT2D eigenvalue weighted by atomic mass is 10.1. The summed E-state index contributed by atoms with van der Waals surface area (Å²) >= 11 is 1.08. The lowest BCUT2D eigenvalue weighted by molar-refractivity contribution is -0.137. The van der Waals surface area contributed by atoms with Crippen LogP contribution in [-0.2, 0) is 15.8 Å². The number of ether oxygens (including phenoxy) is 1. The molecular formula is C20H19F3N2O3S. The molecule has 2 aromatic carbocycles. The fourth-order valence-corrected chi connectivity index (χ4v) is 4.12. The second kappa shape index (κ2) is 8.36. The molecule has 2 aromatic rings. The van der Waals surface area contributed by atoms with Gasteiger partial charge in [0.05, 0.1) is 29.7 Å². The first kappa shape index (κ1) is 21.0. The molecule has 0 fully saturated rings. The highest BCUT2D eigenvalue weighted by molar-refractivity contribution is 8.01. The molecule has 0 saturated heterocycles. The lowest BCUT2D eigenvalue weighted by Crippen LogP contribution is -2.36. The van der Waals surface area contributed by atoms with Crippen molar-refractivity contribution < 1.29 is 27.5 Å². The van der Waals surface area contributed by atoms with E-state index >= 15 is 0 Å². The van der Waals surface area contributed by atoms with Gasteiger partial charge >= 0.3 is 6.18 Å². The van der Waals surface area contributed by atoms with Crippen molar-refractivity contribution in [2.75, 3.05) is 12.4 Å². The van der Waals surface area contributed by atoms with Gasteiger partial charge in [0.25, 0.3) is 0 Å². The minimum absolute atomic E-state index is 0.101. The van der Waals surface area contributed by atoms with Crippen LogP contribution >= 0.6 is 11.8 Å². The van der Waals surface area contributed by atoms with Crippen LogP contribution in [0.5, 0.6) is 5.75 Å². The van der Waals surface area contributed by atoms with Crippen molar-refractivity contribution >= 4 is 29.3 Å². The molecule has 0 radical (unpaired) electrons. The molecule has 1 aliphatic heterocycles. The van der Waals surface area contributed by atoms with Crippen LogP contribution in [0.15, 0.2) is 47.4 Å². The second-order valence-electron chi connectivity index (χ2n) is 6.54. The van der Waals surface area contributed by atoms with Crippen LogP contribution in [-0.4, -0.2) is 24.2 Å². The number of amides is 2. The Morgan fingerprint density at radius 1 is 1.28 bits per heavy atom. The van der Waals surface area contributed by atoms with Gasteiger partial charge in [0.2, 0.25) is 11.8 Å². The zero-order valence-electron chi connectivity index (χ0n) is 15.7. The Kier molecular flexibility index (Phi) is 6.07.